The summed E-state index contributed by atoms with van der Waals surface area (Å²) in [5, 5.41) is 3.20. The molecule has 3 nitrogen and oxygen atoms in total. The minimum atomic E-state index is 1.07. The van der Waals surface area contributed by atoms with Crippen molar-refractivity contribution < 1.29 is 0 Å². The van der Waals surface area contributed by atoms with Gasteiger partial charge in [0.1, 0.15) is 0 Å². The maximum atomic E-state index is 4.66. The van der Waals surface area contributed by atoms with Crippen molar-refractivity contribution in [2.75, 3.05) is 13.6 Å². The Bertz CT molecular complexity index is 535. The SMILES string of the molecule is C=CC1=C(/C=C\C)n2cnc(CCCCCNC)c2CC1. The second kappa shape index (κ2) is 7.99. The molecule has 0 spiro atoms. The van der Waals surface area contributed by atoms with Gasteiger partial charge >= 0.3 is 0 Å². The lowest BCUT2D eigenvalue weighted by molar-refractivity contribution is 0.636. The number of aryl methyl sites for hydroxylation is 1. The molecule has 2 heterocycles. The van der Waals surface area contributed by atoms with Crippen LogP contribution in [0.2, 0.25) is 0 Å². The van der Waals surface area contributed by atoms with Crippen LogP contribution < -0.4 is 5.32 Å². The fourth-order valence-electron chi connectivity index (χ4n) is 2.95. The molecular weight excluding hydrogens is 258 g/mol. The molecule has 0 amide bonds. The third kappa shape index (κ3) is 3.73. The van der Waals surface area contributed by atoms with E-state index < -0.39 is 0 Å². The lowest BCUT2D eigenvalue weighted by atomic mass is 9.99. The second-order valence-electron chi connectivity index (χ2n) is 5.54. The van der Waals surface area contributed by atoms with Crippen LogP contribution in [0.3, 0.4) is 0 Å². The van der Waals surface area contributed by atoms with Crippen LogP contribution in [0.15, 0.2) is 36.7 Å². The third-order valence-electron chi connectivity index (χ3n) is 4.08. The minimum Gasteiger partial charge on any atom is -0.320 e. The van der Waals surface area contributed by atoms with Gasteiger partial charge in [0.15, 0.2) is 0 Å². The molecule has 0 aromatic carbocycles. The number of hydrogen-bond acceptors (Lipinski definition) is 2. The van der Waals surface area contributed by atoms with Gasteiger partial charge in [-0.1, -0.05) is 25.2 Å². The molecule has 21 heavy (non-hydrogen) atoms. The Morgan fingerprint density at radius 3 is 2.90 bits per heavy atom. The molecule has 1 aliphatic rings. The van der Waals surface area contributed by atoms with Crippen LogP contribution in [-0.2, 0) is 12.8 Å². The van der Waals surface area contributed by atoms with Crippen molar-refractivity contribution in [1.82, 2.24) is 14.9 Å². The summed E-state index contributed by atoms with van der Waals surface area (Å²) in [4.78, 5) is 4.66. The van der Waals surface area contributed by atoms with Crippen LogP contribution in [0.25, 0.3) is 5.70 Å². The summed E-state index contributed by atoms with van der Waals surface area (Å²) in [5.74, 6) is 0. The van der Waals surface area contributed by atoms with Crippen LogP contribution in [0.5, 0.6) is 0 Å². The maximum absolute atomic E-state index is 4.66. The third-order valence-corrected chi connectivity index (χ3v) is 4.08. The number of aromatic nitrogens is 2. The summed E-state index contributed by atoms with van der Waals surface area (Å²) in [6.07, 6.45) is 15.2. The van der Waals surface area contributed by atoms with Crippen LogP contribution >= 0.6 is 0 Å². The van der Waals surface area contributed by atoms with Gasteiger partial charge in [-0.15, -0.1) is 0 Å². The van der Waals surface area contributed by atoms with Gasteiger partial charge in [0, 0.05) is 11.4 Å². The molecule has 0 radical (unpaired) electrons. The van der Waals surface area contributed by atoms with Crippen LogP contribution in [0.1, 0.15) is 44.0 Å². The highest BCUT2D eigenvalue weighted by molar-refractivity contribution is 5.66. The van der Waals surface area contributed by atoms with Crippen LogP contribution in [-0.4, -0.2) is 23.1 Å². The van der Waals surface area contributed by atoms with E-state index in [9.17, 15) is 0 Å². The fraction of sp³-hybridized carbons (Fsp3) is 0.500. The Morgan fingerprint density at radius 2 is 2.19 bits per heavy atom. The molecule has 0 saturated heterocycles. The highest BCUT2D eigenvalue weighted by atomic mass is 15.1. The minimum absolute atomic E-state index is 1.07. The number of imidazole rings is 1. The van der Waals surface area contributed by atoms with Gasteiger partial charge in [-0.25, -0.2) is 4.98 Å². The molecule has 0 aliphatic carbocycles. The largest absolute Gasteiger partial charge is 0.320 e. The van der Waals surface area contributed by atoms with Crippen LogP contribution in [0.4, 0.5) is 0 Å². The standard InChI is InChI=1S/C18H27N3/c1-4-9-17-15(5-2)11-12-18-16(20-14-21(17)18)10-7-6-8-13-19-3/h4-5,9,14,19H,2,6-8,10-13H2,1,3H3/b9-4-. The number of allylic oxidation sites excluding steroid dienone is 5. The van der Waals surface area contributed by atoms with E-state index in [2.05, 4.69) is 40.5 Å². The molecule has 0 bridgehead atoms. The fourth-order valence-corrected chi connectivity index (χ4v) is 2.95. The van der Waals surface area contributed by atoms with E-state index in [-0.39, 0.29) is 0 Å². The molecule has 3 heteroatoms. The lowest BCUT2D eigenvalue weighted by Gasteiger charge is -2.20. The predicted molar refractivity (Wildman–Crippen MR) is 90.3 cm³/mol. The Kier molecular flexibility index (Phi) is 6.00. The lowest BCUT2D eigenvalue weighted by Crippen LogP contribution is -2.10. The molecule has 1 aliphatic heterocycles. The van der Waals surface area contributed by atoms with Gasteiger partial charge < -0.3 is 9.88 Å². The first-order valence-corrected chi connectivity index (χ1v) is 8.00. The van der Waals surface area contributed by atoms with E-state index in [1.54, 1.807) is 0 Å². The average Bonchev–Trinajstić information content (AvgIpc) is 2.91. The Balaban J connectivity index is 2.09. The smallest absolute Gasteiger partial charge is 0.0997 e. The van der Waals surface area contributed by atoms with E-state index in [0.29, 0.717) is 0 Å². The van der Waals surface area contributed by atoms with E-state index in [1.807, 2.05) is 19.5 Å². The first-order chi connectivity index (χ1) is 10.3. The molecule has 2 rings (SSSR count). The molecule has 0 saturated carbocycles. The summed E-state index contributed by atoms with van der Waals surface area (Å²) >= 11 is 0. The van der Waals surface area contributed by atoms with Gasteiger partial charge in [-0.05, 0) is 64.3 Å². The Labute approximate surface area is 128 Å². The van der Waals surface area contributed by atoms with Gasteiger partial charge in [-0.3, -0.25) is 0 Å². The van der Waals surface area contributed by atoms with Crippen molar-refractivity contribution in [3.63, 3.8) is 0 Å². The summed E-state index contributed by atoms with van der Waals surface area (Å²) in [6.45, 7) is 7.11. The van der Waals surface area contributed by atoms with Crippen molar-refractivity contribution in [3.8, 4) is 0 Å². The molecule has 1 N–H and O–H groups in total. The highest BCUT2D eigenvalue weighted by Gasteiger charge is 2.19. The maximum Gasteiger partial charge on any atom is 0.0997 e. The highest BCUT2D eigenvalue weighted by Crippen LogP contribution is 2.29. The van der Waals surface area contributed by atoms with E-state index in [4.69, 9.17) is 0 Å². The van der Waals surface area contributed by atoms with Crippen molar-refractivity contribution in [2.45, 2.75) is 45.4 Å². The molecule has 0 fully saturated rings. The number of nitrogens with zero attached hydrogens (tertiary/aromatic N) is 2. The van der Waals surface area contributed by atoms with Crippen molar-refractivity contribution >= 4 is 5.70 Å². The van der Waals surface area contributed by atoms with E-state index in [0.717, 1.165) is 25.8 Å². The summed E-state index contributed by atoms with van der Waals surface area (Å²) < 4.78 is 2.25. The monoisotopic (exact) mass is 285 g/mol. The summed E-state index contributed by atoms with van der Waals surface area (Å²) in [6, 6.07) is 0. The van der Waals surface area contributed by atoms with Gasteiger partial charge in [-0.2, -0.15) is 0 Å². The number of hydrogen-bond donors (Lipinski definition) is 1. The average molecular weight is 285 g/mol. The van der Waals surface area contributed by atoms with Crippen molar-refractivity contribution in [2.24, 2.45) is 0 Å². The second-order valence-corrected chi connectivity index (χ2v) is 5.54. The molecule has 0 unspecified atom stereocenters. The summed E-state index contributed by atoms with van der Waals surface area (Å²) in [5.41, 5.74) is 5.23. The summed E-state index contributed by atoms with van der Waals surface area (Å²) in [7, 11) is 2.01. The molecule has 114 valence electrons. The Morgan fingerprint density at radius 1 is 1.33 bits per heavy atom. The zero-order valence-electron chi connectivity index (χ0n) is 13.4. The van der Waals surface area contributed by atoms with E-state index in [1.165, 1.54) is 41.9 Å². The molecule has 1 aromatic rings. The topological polar surface area (TPSA) is 29.9 Å². The molecular formula is C18H27N3. The predicted octanol–water partition coefficient (Wildman–Crippen LogP) is 3.73. The normalized spacial score (nSPS) is 14.8. The van der Waals surface area contributed by atoms with E-state index >= 15 is 0 Å². The first-order valence-electron chi connectivity index (χ1n) is 8.00. The number of fused-ring (bicyclic) bond motifs is 1. The molecule has 1 aromatic heterocycles. The number of rotatable bonds is 8. The van der Waals surface area contributed by atoms with Crippen LogP contribution in [0, 0.1) is 0 Å². The van der Waals surface area contributed by atoms with Gasteiger partial charge in [0.05, 0.1) is 12.0 Å². The zero-order chi connectivity index (χ0) is 15.1. The van der Waals surface area contributed by atoms with Crippen molar-refractivity contribution in [3.05, 3.63) is 48.1 Å². The number of unbranched alkanes of at least 4 members (excludes halogenated alkanes) is 2. The number of nitrogens with one attached hydrogen (secondary N) is 1. The van der Waals surface area contributed by atoms with Gasteiger partial charge in [0.2, 0.25) is 0 Å². The van der Waals surface area contributed by atoms with Crippen molar-refractivity contribution in [1.29, 1.82) is 0 Å². The Hall–Kier alpha value is -1.61. The van der Waals surface area contributed by atoms with Gasteiger partial charge in [0.25, 0.3) is 0 Å². The quantitative estimate of drug-likeness (QED) is 0.737. The molecule has 0 atom stereocenters. The first kappa shape index (κ1) is 15.8. The zero-order valence-corrected chi connectivity index (χ0v) is 13.4.